The number of hydrogen-bond donors (Lipinski definition) is 1. The molecule has 2 rings (SSSR count). The van der Waals surface area contributed by atoms with Crippen LogP contribution in [0.5, 0.6) is 0 Å². The van der Waals surface area contributed by atoms with Crippen LogP contribution in [0.25, 0.3) is 0 Å². The van der Waals surface area contributed by atoms with Crippen molar-refractivity contribution in [2.75, 3.05) is 6.54 Å². The zero-order valence-corrected chi connectivity index (χ0v) is 12.5. The van der Waals surface area contributed by atoms with E-state index in [4.69, 9.17) is 0 Å². The smallest absolute Gasteiger partial charge is 0.223 e. The molecule has 1 aliphatic heterocycles. The van der Waals surface area contributed by atoms with E-state index in [0.717, 1.165) is 24.9 Å². The molecule has 0 bridgehead atoms. The molecule has 2 atom stereocenters. The van der Waals surface area contributed by atoms with Gasteiger partial charge in [-0.1, -0.05) is 44.2 Å². The van der Waals surface area contributed by atoms with Crippen molar-refractivity contribution >= 4 is 5.91 Å². The van der Waals surface area contributed by atoms with Gasteiger partial charge in [0.2, 0.25) is 5.91 Å². The molecule has 3 heteroatoms. The van der Waals surface area contributed by atoms with Gasteiger partial charge in [-0.05, 0) is 30.7 Å². The van der Waals surface area contributed by atoms with Crippen molar-refractivity contribution < 1.29 is 9.90 Å². The number of carbonyl (C=O) groups is 1. The van der Waals surface area contributed by atoms with Crippen molar-refractivity contribution in [2.45, 2.75) is 51.7 Å². The zero-order valence-electron chi connectivity index (χ0n) is 12.5. The van der Waals surface area contributed by atoms with Crippen LogP contribution in [0.4, 0.5) is 0 Å². The van der Waals surface area contributed by atoms with Crippen LogP contribution in [0, 0.1) is 5.92 Å². The monoisotopic (exact) mass is 275 g/mol. The first-order chi connectivity index (χ1) is 9.58. The van der Waals surface area contributed by atoms with E-state index in [9.17, 15) is 9.90 Å². The third kappa shape index (κ3) is 3.83. The second kappa shape index (κ2) is 6.89. The van der Waals surface area contributed by atoms with Gasteiger partial charge in [0.1, 0.15) is 0 Å². The number of likely N-dealkylation sites (tertiary alicyclic amines) is 1. The highest BCUT2D eigenvalue weighted by molar-refractivity contribution is 5.77. The molecule has 20 heavy (non-hydrogen) atoms. The van der Waals surface area contributed by atoms with Crippen molar-refractivity contribution in [2.24, 2.45) is 5.92 Å². The summed E-state index contributed by atoms with van der Waals surface area (Å²) < 4.78 is 0. The molecule has 1 saturated heterocycles. The number of aliphatic hydroxyl groups excluding tert-OH is 1. The van der Waals surface area contributed by atoms with Crippen molar-refractivity contribution in [3.8, 4) is 0 Å². The van der Waals surface area contributed by atoms with E-state index in [-0.39, 0.29) is 11.9 Å². The fourth-order valence-electron chi connectivity index (χ4n) is 2.94. The Morgan fingerprint density at radius 2 is 2.05 bits per heavy atom. The minimum Gasteiger partial charge on any atom is -0.388 e. The molecule has 1 heterocycles. The quantitative estimate of drug-likeness (QED) is 0.896. The number of hydrogen-bond acceptors (Lipinski definition) is 2. The fourth-order valence-corrected chi connectivity index (χ4v) is 2.94. The van der Waals surface area contributed by atoms with Crippen LogP contribution in [0.1, 0.15) is 51.2 Å². The molecule has 0 aromatic heterocycles. The van der Waals surface area contributed by atoms with Gasteiger partial charge >= 0.3 is 0 Å². The standard InChI is InChI=1S/C17H25NO2/c1-13(2)11-17(20)18-10-6-9-15(18)12-16(19)14-7-4-3-5-8-14/h3-5,7-8,13,15-16,19H,6,9-12H2,1-2H3/t15-,16+/m0/s1. The maximum atomic E-state index is 12.2. The number of nitrogens with zero attached hydrogens (tertiary/aromatic N) is 1. The Morgan fingerprint density at radius 1 is 1.35 bits per heavy atom. The van der Waals surface area contributed by atoms with Crippen LogP contribution >= 0.6 is 0 Å². The third-order valence-electron chi connectivity index (χ3n) is 3.96. The summed E-state index contributed by atoms with van der Waals surface area (Å²) in [4.78, 5) is 14.2. The van der Waals surface area contributed by atoms with E-state index in [1.807, 2.05) is 35.2 Å². The molecule has 0 radical (unpaired) electrons. The SMILES string of the molecule is CC(C)CC(=O)N1CCC[C@H]1C[C@@H](O)c1ccccc1. The van der Waals surface area contributed by atoms with Gasteiger partial charge in [-0.15, -0.1) is 0 Å². The molecule has 1 fully saturated rings. The minimum atomic E-state index is -0.478. The molecule has 0 saturated carbocycles. The summed E-state index contributed by atoms with van der Waals surface area (Å²) in [6, 6.07) is 9.91. The molecule has 3 nitrogen and oxygen atoms in total. The second-order valence-electron chi connectivity index (χ2n) is 6.14. The highest BCUT2D eigenvalue weighted by Crippen LogP contribution is 2.28. The molecule has 0 spiro atoms. The summed E-state index contributed by atoms with van der Waals surface area (Å²) in [5.74, 6) is 0.630. The van der Waals surface area contributed by atoms with Gasteiger partial charge in [0.05, 0.1) is 6.10 Å². The lowest BCUT2D eigenvalue weighted by Crippen LogP contribution is -2.37. The van der Waals surface area contributed by atoms with Gasteiger partial charge in [-0.2, -0.15) is 0 Å². The fraction of sp³-hybridized carbons (Fsp3) is 0.588. The van der Waals surface area contributed by atoms with Crippen LogP contribution in [0.15, 0.2) is 30.3 Å². The molecular weight excluding hydrogens is 250 g/mol. The predicted octanol–water partition coefficient (Wildman–Crippen LogP) is 3.15. The maximum absolute atomic E-state index is 12.2. The maximum Gasteiger partial charge on any atom is 0.223 e. The molecule has 1 N–H and O–H groups in total. The van der Waals surface area contributed by atoms with E-state index in [0.29, 0.717) is 18.8 Å². The van der Waals surface area contributed by atoms with Crippen molar-refractivity contribution in [3.05, 3.63) is 35.9 Å². The van der Waals surface area contributed by atoms with E-state index in [2.05, 4.69) is 13.8 Å². The minimum absolute atomic E-state index is 0.191. The van der Waals surface area contributed by atoms with E-state index < -0.39 is 6.10 Å². The van der Waals surface area contributed by atoms with E-state index in [1.54, 1.807) is 0 Å². The molecule has 0 aliphatic carbocycles. The van der Waals surface area contributed by atoms with Gasteiger partial charge in [-0.3, -0.25) is 4.79 Å². The normalized spacial score (nSPS) is 20.4. The van der Waals surface area contributed by atoms with Gasteiger partial charge in [0, 0.05) is 19.0 Å². The third-order valence-corrected chi connectivity index (χ3v) is 3.96. The van der Waals surface area contributed by atoms with Gasteiger partial charge in [-0.25, -0.2) is 0 Å². The summed E-state index contributed by atoms with van der Waals surface area (Å²) in [7, 11) is 0. The zero-order chi connectivity index (χ0) is 14.5. The largest absolute Gasteiger partial charge is 0.388 e. The Morgan fingerprint density at radius 3 is 2.70 bits per heavy atom. The number of aliphatic hydroxyl groups is 1. The Hall–Kier alpha value is -1.35. The van der Waals surface area contributed by atoms with Gasteiger partial charge in [0.25, 0.3) is 0 Å². The molecule has 1 aromatic rings. The predicted molar refractivity (Wildman–Crippen MR) is 80.2 cm³/mol. The van der Waals surface area contributed by atoms with Gasteiger partial charge < -0.3 is 10.0 Å². The summed E-state index contributed by atoms with van der Waals surface area (Å²) in [6.07, 6.45) is 2.84. The van der Waals surface area contributed by atoms with Crippen LogP contribution in [-0.4, -0.2) is 28.5 Å². The van der Waals surface area contributed by atoms with E-state index >= 15 is 0 Å². The molecule has 1 aromatic carbocycles. The highest BCUT2D eigenvalue weighted by atomic mass is 16.3. The summed E-state index contributed by atoms with van der Waals surface area (Å²) in [5.41, 5.74) is 0.940. The van der Waals surface area contributed by atoms with E-state index in [1.165, 1.54) is 0 Å². The Balaban J connectivity index is 1.96. The highest BCUT2D eigenvalue weighted by Gasteiger charge is 2.30. The topological polar surface area (TPSA) is 40.5 Å². The number of rotatable bonds is 5. The lowest BCUT2D eigenvalue weighted by Gasteiger charge is -2.27. The molecule has 110 valence electrons. The summed E-state index contributed by atoms with van der Waals surface area (Å²) in [5, 5.41) is 10.3. The molecule has 1 aliphatic rings. The first-order valence-corrected chi connectivity index (χ1v) is 7.60. The van der Waals surface area contributed by atoms with Crippen LogP contribution in [0.3, 0.4) is 0 Å². The van der Waals surface area contributed by atoms with Crippen molar-refractivity contribution in [1.82, 2.24) is 4.90 Å². The molecule has 1 amide bonds. The van der Waals surface area contributed by atoms with Crippen LogP contribution in [-0.2, 0) is 4.79 Å². The summed E-state index contributed by atoms with van der Waals surface area (Å²) >= 11 is 0. The van der Waals surface area contributed by atoms with Crippen LogP contribution in [0.2, 0.25) is 0 Å². The molecule has 0 unspecified atom stereocenters. The van der Waals surface area contributed by atoms with Crippen LogP contribution < -0.4 is 0 Å². The first-order valence-electron chi connectivity index (χ1n) is 7.60. The Kier molecular flexibility index (Phi) is 5.18. The number of carbonyl (C=O) groups excluding carboxylic acids is 1. The number of benzene rings is 1. The first kappa shape index (κ1) is 15.0. The van der Waals surface area contributed by atoms with Gasteiger partial charge in [0.15, 0.2) is 0 Å². The Labute approximate surface area is 121 Å². The van der Waals surface area contributed by atoms with Crippen molar-refractivity contribution in [1.29, 1.82) is 0 Å². The summed E-state index contributed by atoms with van der Waals surface area (Å²) in [6.45, 7) is 4.99. The average Bonchev–Trinajstić information content (AvgIpc) is 2.87. The lowest BCUT2D eigenvalue weighted by atomic mass is 10.00. The number of amides is 1. The van der Waals surface area contributed by atoms with Crippen molar-refractivity contribution in [3.63, 3.8) is 0 Å². The second-order valence-corrected chi connectivity index (χ2v) is 6.14. The Bertz CT molecular complexity index is 430. The average molecular weight is 275 g/mol. The lowest BCUT2D eigenvalue weighted by molar-refractivity contribution is -0.133. The molecular formula is C17H25NO2.